The SMILES string of the molecule is CC(C)[C@H](C=O)NCOCCCC(C)(C)C(=O)OCI. The second-order valence-corrected chi connectivity index (χ2v) is 6.31. The summed E-state index contributed by atoms with van der Waals surface area (Å²) in [5, 5.41) is 3.03. The molecule has 0 amide bonds. The zero-order valence-corrected chi connectivity index (χ0v) is 14.9. The lowest BCUT2D eigenvalue weighted by Crippen LogP contribution is -2.36. The number of hydrogen-bond acceptors (Lipinski definition) is 5. The lowest BCUT2D eigenvalue weighted by molar-refractivity contribution is -0.151. The third-order valence-electron chi connectivity index (χ3n) is 3.11. The molecule has 0 fully saturated rings. The molecule has 0 bridgehead atoms. The van der Waals surface area contributed by atoms with Crippen LogP contribution in [0.1, 0.15) is 40.5 Å². The molecule has 118 valence electrons. The number of carbonyl (C=O) groups is 2. The largest absolute Gasteiger partial charge is 0.455 e. The third-order valence-corrected chi connectivity index (χ3v) is 3.43. The Morgan fingerprint density at radius 3 is 2.55 bits per heavy atom. The van der Waals surface area contributed by atoms with Gasteiger partial charge in [0.25, 0.3) is 0 Å². The van der Waals surface area contributed by atoms with Gasteiger partial charge in [-0.1, -0.05) is 13.8 Å². The third kappa shape index (κ3) is 8.16. The molecule has 0 unspecified atom stereocenters. The quantitative estimate of drug-likeness (QED) is 0.145. The topological polar surface area (TPSA) is 64.6 Å². The number of nitrogens with one attached hydrogen (secondary N) is 1. The van der Waals surface area contributed by atoms with E-state index >= 15 is 0 Å². The number of hydrogen-bond donors (Lipinski definition) is 1. The van der Waals surface area contributed by atoms with E-state index in [1.165, 1.54) is 0 Å². The average molecular weight is 399 g/mol. The molecule has 6 heteroatoms. The van der Waals surface area contributed by atoms with Crippen molar-refractivity contribution in [3.05, 3.63) is 0 Å². The van der Waals surface area contributed by atoms with E-state index in [1.807, 2.05) is 50.3 Å². The molecule has 0 aliphatic heterocycles. The predicted octanol–water partition coefficient (Wildman–Crippen LogP) is 2.52. The smallest absolute Gasteiger partial charge is 0.312 e. The molecule has 0 aliphatic carbocycles. The summed E-state index contributed by atoms with van der Waals surface area (Å²) in [5.41, 5.74) is -0.481. The van der Waals surface area contributed by atoms with Crippen molar-refractivity contribution in [1.82, 2.24) is 5.32 Å². The fourth-order valence-corrected chi connectivity index (χ4v) is 1.91. The van der Waals surface area contributed by atoms with Gasteiger partial charge in [-0.25, -0.2) is 0 Å². The van der Waals surface area contributed by atoms with Gasteiger partial charge in [0.05, 0.1) is 18.2 Å². The molecule has 0 aromatic rings. The summed E-state index contributed by atoms with van der Waals surface area (Å²) in [5.74, 6) is 0.0731. The summed E-state index contributed by atoms with van der Waals surface area (Å²) >= 11 is 2.01. The molecule has 0 radical (unpaired) electrons. The van der Waals surface area contributed by atoms with Crippen molar-refractivity contribution in [2.45, 2.75) is 46.6 Å². The van der Waals surface area contributed by atoms with Crippen molar-refractivity contribution in [3.63, 3.8) is 0 Å². The maximum absolute atomic E-state index is 11.7. The van der Waals surface area contributed by atoms with Gasteiger partial charge in [-0.05, 0) is 55.2 Å². The van der Waals surface area contributed by atoms with Gasteiger partial charge >= 0.3 is 5.97 Å². The van der Waals surface area contributed by atoms with Gasteiger partial charge in [-0.2, -0.15) is 0 Å². The first-order valence-electron chi connectivity index (χ1n) is 6.84. The van der Waals surface area contributed by atoms with E-state index in [9.17, 15) is 9.59 Å². The van der Waals surface area contributed by atoms with Gasteiger partial charge in [-0.3, -0.25) is 10.1 Å². The van der Waals surface area contributed by atoms with E-state index in [1.54, 1.807) is 0 Å². The minimum Gasteiger partial charge on any atom is -0.455 e. The summed E-state index contributed by atoms with van der Waals surface area (Å²) < 4.78 is 10.8. The van der Waals surface area contributed by atoms with Crippen LogP contribution in [-0.4, -0.2) is 36.2 Å². The molecule has 0 heterocycles. The fraction of sp³-hybridized carbons (Fsp3) is 0.857. The number of aldehydes is 1. The van der Waals surface area contributed by atoms with Gasteiger partial charge in [0, 0.05) is 6.61 Å². The van der Waals surface area contributed by atoms with Crippen molar-refractivity contribution in [2.75, 3.05) is 18.0 Å². The summed E-state index contributed by atoms with van der Waals surface area (Å²) in [6, 6.07) is -0.176. The molecule has 1 N–H and O–H groups in total. The second-order valence-electron chi connectivity index (χ2n) is 5.69. The highest BCUT2D eigenvalue weighted by Crippen LogP contribution is 2.24. The first-order chi connectivity index (χ1) is 9.35. The maximum atomic E-state index is 11.7. The number of alkyl halides is 1. The number of halogens is 1. The van der Waals surface area contributed by atoms with Crippen LogP contribution < -0.4 is 5.32 Å². The highest BCUT2D eigenvalue weighted by molar-refractivity contribution is 14.1. The Labute approximate surface area is 135 Å². The monoisotopic (exact) mass is 399 g/mol. The molecule has 0 saturated carbocycles. The predicted molar refractivity (Wildman–Crippen MR) is 86.6 cm³/mol. The van der Waals surface area contributed by atoms with Gasteiger partial charge in [-0.15, -0.1) is 0 Å². The van der Waals surface area contributed by atoms with Crippen LogP contribution in [0.4, 0.5) is 0 Å². The summed E-state index contributed by atoms with van der Waals surface area (Å²) in [7, 11) is 0. The van der Waals surface area contributed by atoms with E-state index in [0.29, 0.717) is 24.4 Å². The number of ether oxygens (including phenoxy) is 2. The van der Waals surface area contributed by atoms with Crippen LogP contribution in [0, 0.1) is 11.3 Å². The summed E-state index contributed by atoms with van der Waals surface area (Å²) in [6.07, 6.45) is 2.39. The first-order valence-corrected chi connectivity index (χ1v) is 8.37. The van der Waals surface area contributed by atoms with Crippen LogP contribution in [0.25, 0.3) is 0 Å². The lowest BCUT2D eigenvalue weighted by atomic mass is 9.88. The van der Waals surface area contributed by atoms with Crippen molar-refractivity contribution < 1.29 is 19.1 Å². The minimum absolute atomic E-state index is 0.175. The van der Waals surface area contributed by atoms with Crippen molar-refractivity contribution in [2.24, 2.45) is 11.3 Å². The van der Waals surface area contributed by atoms with Crippen LogP contribution in [0.2, 0.25) is 0 Å². The highest BCUT2D eigenvalue weighted by atomic mass is 127. The minimum atomic E-state index is -0.481. The Morgan fingerprint density at radius 1 is 1.40 bits per heavy atom. The standard InChI is InChI=1S/C14H26INO4/c1-11(2)12(8-17)16-10-19-7-5-6-14(3,4)13(18)20-9-15/h8,11-12,16H,5-7,9-10H2,1-4H3/t12-/m0/s1. The zero-order valence-electron chi connectivity index (χ0n) is 12.8. The summed E-state index contributed by atoms with van der Waals surface area (Å²) in [6.45, 7) is 8.61. The Hall–Kier alpha value is -0.210. The lowest BCUT2D eigenvalue weighted by Gasteiger charge is -2.22. The Balaban J connectivity index is 3.76. The average Bonchev–Trinajstić information content (AvgIpc) is 2.37. The van der Waals surface area contributed by atoms with Crippen molar-refractivity contribution >= 4 is 34.8 Å². The van der Waals surface area contributed by atoms with Gasteiger partial charge in [0.1, 0.15) is 10.9 Å². The van der Waals surface area contributed by atoms with Crippen LogP contribution in [0.15, 0.2) is 0 Å². The Morgan fingerprint density at radius 2 is 2.05 bits per heavy atom. The molecular weight excluding hydrogens is 373 g/mol. The van der Waals surface area contributed by atoms with Gasteiger partial charge in [0.15, 0.2) is 0 Å². The molecule has 5 nitrogen and oxygen atoms in total. The zero-order chi connectivity index (χ0) is 15.6. The normalized spacial score (nSPS) is 13.3. The fourth-order valence-electron chi connectivity index (χ4n) is 1.63. The van der Waals surface area contributed by atoms with E-state index in [0.717, 1.165) is 12.7 Å². The molecule has 1 atom stereocenters. The summed E-state index contributed by atoms with van der Waals surface area (Å²) in [4.78, 5) is 22.4. The van der Waals surface area contributed by atoms with E-state index < -0.39 is 5.41 Å². The first kappa shape index (κ1) is 19.8. The number of esters is 1. The van der Waals surface area contributed by atoms with Crippen LogP contribution in [0.3, 0.4) is 0 Å². The molecule has 0 rings (SSSR count). The van der Waals surface area contributed by atoms with E-state index in [2.05, 4.69) is 5.32 Å². The van der Waals surface area contributed by atoms with E-state index in [-0.39, 0.29) is 17.9 Å². The highest BCUT2D eigenvalue weighted by Gasteiger charge is 2.28. The van der Waals surface area contributed by atoms with E-state index in [4.69, 9.17) is 9.47 Å². The van der Waals surface area contributed by atoms with Gasteiger partial charge in [0.2, 0.25) is 0 Å². The molecule has 0 saturated heterocycles. The maximum Gasteiger partial charge on any atom is 0.312 e. The van der Waals surface area contributed by atoms with Crippen LogP contribution >= 0.6 is 22.6 Å². The van der Waals surface area contributed by atoms with Crippen LogP contribution in [0.5, 0.6) is 0 Å². The second kappa shape index (κ2) is 10.5. The molecule has 0 spiro atoms. The van der Waals surface area contributed by atoms with Crippen molar-refractivity contribution in [3.8, 4) is 0 Å². The number of rotatable bonds is 11. The molecular formula is C14H26INO4. The Kier molecular flexibility index (Phi) is 10.4. The van der Waals surface area contributed by atoms with Gasteiger partial charge < -0.3 is 14.3 Å². The number of carbonyl (C=O) groups excluding carboxylic acids is 2. The molecule has 0 aromatic heterocycles. The Bertz CT molecular complexity index is 295. The molecule has 0 aliphatic rings. The molecule has 20 heavy (non-hydrogen) atoms. The van der Waals surface area contributed by atoms with Crippen LogP contribution in [-0.2, 0) is 19.1 Å². The van der Waals surface area contributed by atoms with Crippen molar-refractivity contribution in [1.29, 1.82) is 0 Å². The molecule has 0 aromatic carbocycles.